The monoisotopic (exact) mass is 327 g/mol. The molecule has 0 aliphatic rings. The van der Waals surface area contributed by atoms with Crippen molar-refractivity contribution in [1.82, 2.24) is 10.3 Å². The van der Waals surface area contributed by atoms with Gasteiger partial charge in [0.25, 0.3) is 0 Å². The number of anilines is 1. The van der Waals surface area contributed by atoms with Crippen LogP contribution in [0.2, 0.25) is 0 Å². The van der Waals surface area contributed by atoms with Gasteiger partial charge in [-0.15, -0.1) is 0 Å². The van der Waals surface area contributed by atoms with Gasteiger partial charge in [-0.05, 0) is 39.0 Å². The summed E-state index contributed by atoms with van der Waals surface area (Å²) < 4.78 is 2.02. The molecule has 0 fully saturated rings. The van der Waals surface area contributed by atoms with Crippen molar-refractivity contribution in [3.63, 3.8) is 0 Å². The summed E-state index contributed by atoms with van der Waals surface area (Å²) in [6.45, 7) is 5.80. The van der Waals surface area contributed by atoms with E-state index in [-0.39, 0.29) is 11.6 Å². The number of urea groups is 1. The second-order valence-electron chi connectivity index (χ2n) is 4.96. The van der Waals surface area contributed by atoms with Crippen LogP contribution in [0.25, 0.3) is 10.2 Å². The maximum Gasteiger partial charge on any atom is 0.321 e. The predicted molar refractivity (Wildman–Crippen MR) is 79.2 cm³/mol. The molecular weight excluding hydrogens is 314 g/mol. The number of hydrogen-bond acceptors (Lipinski definition) is 3. The Kier molecular flexibility index (Phi) is 3.59. The smallest absolute Gasteiger partial charge is 0.321 e. The Balaban J connectivity index is 2.15. The Morgan fingerprint density at radius 2 is 2.11 bits per heavy atom. The Hall–Kier alpha value is -1.14. The van der Waals surface area contributed by atoms with Gasteiger partial charge in [-0.3, -0.25) is 5.32 Å². The zero-order chi connectivity index (χ0) is 13.3. The molecule has 6 heteroatoms. The van der Waals surface area contributed by atoms with Crippen molar-refractivity contribution < 1.29 is 4.79 Å². The van der Waals surface area contributed by atoms with Gasteiger partial charge in [-0.25, -0.2) is 9.78 Å². The second kappa shape index (κ2) is 4.85. The molecule has 0 radical (unpaired) electrons. The van der Waals surface area contributed by atoms with E-state index in [0.29, 0.717) is 5.13 Å². The van der Waals surface area contributed by atoms with Gasteiger partial charge >= 0.3 is 6.03 Å². The zero-order valence-corrected chi connectivity index (χ0v) is 12.8. The lowest BCUT2D eigenvalue weighted by Crippen LogP contribution is -2.43. The van der Waals surface area contributed by atoms with Gasteiger partial charge < -0.3 is 5.32 Å². The van der Waals surface area contributed by atoms with E-state index in [1.807, 2.05) is 39.0 Å². The van der Waals surface area contributed by atoms with Crippen molar-refractivity contribution in [3.05, 3.63) is 22.7 Å². The molecule has 1 aromatic carbocycles. The number of nitrogens with one attached hydrogen (secondary N) is 2. The van der Waals surface area contributed by atoms with Crippen LogP contribution in [0.3, 0.4) is 0 Å². The van der Waals surface area contributed by atoms with Gasteiger partial charge in [-0.2, -0.15) is 0 Å². The highest BCUT2D eigenvalue weighted by molar-refractivity contribution is 9.10. The number of carbonyl (C=O) groups is 1. The zero-order valence-electron chi connectivity index (χ0n) is 10.4. The minimum absolute atomic E-state index is 0.236. The molecule has 0 bridgehead atoms. The third-order valence-electron chi connectivity index (χ3n) is 2.06. The molecule has 0 spiro atoms. The summed E-state index contributed by atoms with van der Waals surface area (Å²) in [4.78, 5) is 16.1. The van der Waals surface area contributed by atoms with Crippen LogP contribution in [0, 0.1) is 0 Å². The Bertz CT molecular complexity index is 589. The van der Waals surface area contributed by atoms with Crippen molar-refractivity contribution in [3.8, 4) is 0 Å². The number of nitrogens with zero attached hydrogens (tertiary/aromatic N) is 1. The van der Waals surface area contributed by atoms with Crippen molar-refractivity contribution in [2.45, 2.75) is 26.3 Å². The number of halogens is 1. The van der Waals surface area contributed by atoms with Crippen LogP contribution < -0.4 is 10.6 Å². The molecule has 2 aromatic rings. The quantitative estimate of drug-likeness (QED) is 0.832. The lowest BCUT2D eigenvalue weighted by Gasteiger charge is -2.19. The van der Waals surface area contributed by atoms with Gasteiger partial charge in [0, 0.05) is 10.0 Å². The summed E-state index contributed by atoms with van der Waals surface area (Å²) in [5.74, 6) is 0. The van der Waals surface area contributed by atoms with E-state index < -0.39 is 0 Å². The molecule has 2 N–H and O–H groups in total. The van der Waals surface area contributed by atoms with Crippen molar-refractivity contribution >= 4 is 48.6 Å². The lowest BCUT2D eigenvalue weighted by molar-refractivity contribution is 0.244. The molecule has 96 valence electrons. The fraction of sp³-hybridized carbons (Fsp3) is 0.333. The maximum atomic E-state index is 11.7. The largest absolute Gasteiger partial charge is 0.333 e. The first kappa shape index (κ1) is 13.3. The average molecular weight is 328 g/mol. The molecule has 0 atom stereocenters. The average Bonchev–Trinajstić information content (AvgIpc) is 2.55. The van der Waals surface area contributed by atoms with Crippen LogP contribution in [0.15, 0.2) is 22.7 Å². The maximum absolute atomic E-state index is 11.7. The summed E-state index contributed by atoms with van der Waals surface area (Å²) in [6.07, 6.45) is 0. The van der Waals surface area contributed by atoms with E-state index in [1.54, 1.807) is 0 Å². The Morgan fingerprint density at radius 3 is 2.78 bits per heavy atom. The number of hydrogen-bond donors (Lipinski definition) is 2. The van der Waals surface area contributed by atoms with Gasteiger partial charge in [0.15, 0.2) is 5.13 Å². The number of aromatic nitrogens is 1. The Morgan fingerprint density at radius 1 is 1.39 bits per heavy atom. The van der Waals surface area contributed by atoms with Crippen LogP contribution in [0.4, 0.5) is 9.93 Å². The van der Waals surface area contributed by atoms with Crippen molar-refractivity contribution in [2.75, 3.05) is 5.32 Å². The molecule has 0 aliphatic carbocycles. The van der Waals surface area contributed by atoms with Gasteiger partial charge in [0.05, 0.1) is 10.2 Å². The summed E-state index contributed by atoms with van der Waals surface area (Å²) in [5, 5.41) is 6.18. The topological polar surface area (TPSA) is 54.0 Å². The third kappa shape index (κ3) is 3.43. The normalized spacial score (nSPS) is 11.6. The molecule has 18 heavy (non-hydrogen) atoms. The van der Waals surface area contributed by atoms with E-state index in [2.05, 4.69) is 31.5 Å². The number of amides is 2. The first-order valence-corrected chi connectivity index (χ1v) is 7.10. The highest BCUT2D eigenvalue weighted by Gasteiger charge is 2.15. The summed E-state index contributed by atoms with van der Waals surface area (Å²) in [5.41, 5.74) is 0.615. The standard InChI is InChI=1S/C12H14BrN3OS/c1-12(2,3)16-10(17)15-11-14-8-6-7(13)4-5-9(8)18-11/h4-6H,1-3H3,(H2,14,15,16,17). The first-order chi connectivity index (χ1) is 8.33. The van der Waals surface area contributed by atoms with Crippen LogP contribution >= 0.6 is 27.3 Å². The number of benzene rings is 1. The van der Waals surface area contributed by atoms with Crippen LogP contribution in [0.1, 0.15) is 20.8 Å². The molecule has 0 aliphatic heterocycles. The number of rotatable bonds is 1. The number of fused-ring (bicyclic) bond motifs is 1. The second-order valence-corrected chi connectivity index (χ2v) is 6.91. The minimum atomic E-state index is -0.260. The number of thiazole rings is 1. The van der Waals surface area contributed by atoms with E-state index in [0.717, 1.165) is 14.7 Å². The van der Waals surface area contributed by atoms with E-state index >= 15 is 0 Å². The molecule has 2 amide bonds. The van der Waals surface area contributed by atoms with E-state index in [1.165, 1.54) is 11.3 Å². The van der Waals surface area contributed by atoms with Crippen LogP contribution in [-0.2, 0) is 0 Å². The fourth-order valence-electron chi connectivity index (χ4n) is 1.42. The minimum Gasteiger partial charge on any atom is -0.333 e. The van der Waals surface area contributed by atoms with E-state index in [4.69, 9.17) is 0 Å². The van der Waals surface area contributed by atoms with Crippen LogP contribution in [0.5, 0.6) is 0 Å². The molecule has 4 nitrogen and oxygen atoms in total. The predicted octanol–water partition coefficient (Wildman–Crippen LogP) is 3.98. The van der Waals surface area contributed by atoms with Gasteiger partial charge in [-0.1, -0.05) is 27.3 Å². The molecule has 0 saturated carbocycles. The molecule has 1 aromatic heterocycles. The summed E-state index contributed by atoms with van der Waals surface area (Å²) >= 11 is 4.85. The highest BCUT2D eigenvalue weighted by atomic mass is 79.9. The van der Waals surface area contributed by atoms with E-state index in [9.17, 15) is 4.79 Å². The lowest BCUT2D eigenvalue weighted by atomic mass is 10.1. The molecule has 0 unspecified atom stereocenters. The van der Waals surface area contributed by atoms with Crippen LogP contribution in [-0.4, -0.2) is 16.6 Å². The summed E-state index contributed by atoms with van der Waals surface area (Å²) in [6, 6.07) is 5.63. The molecule has 1 heterocycles. The fourth-order valence-corrected chi connectivity index (χ4v) is 2.61. The number of carbonyl (C=O) groups excluding carboxylic acids is 1. The first-order valence-electron chi connectivity index (χ1n) is 5.49. The van der Waals surface area contributed by atoms with Crippen molar-refractivity contribution in [2.24, 2.45) is 0 Å². The van der Waals surface area contributed by atoms with Crippen molar-refractivity contribution in [1.29, 1.82) is 0 Å². The molecule has 0 saturated heterocycles. The third-order valence-corrected chi connectivity index (χ3v) is 3.50. The highest BCUT2D eigenvalue weighted by Crippen LogP contribution is 2.28. The SMILES string of the molecule is CC(C)(C)NC(=O)Nc1nc2cc(Br)ccc2s1. The molecule has 2 rings (SSSR count). The Labute approximate surface area is 118 Å². The van der Waals surface area contributed by atoms with Gasteiger partial charge in [0.1, 0.15) is 0 Å². The van der Waals surface area contributed by atoms with Gasteiger partial charge in [0.2, 0.25) is 0 Å². The summed E-state index contributed by atoms with van der Waals surface area (Å²) in [7, 11) is 0. The molecular formula is C12H14BrN3OS.